The number of nitrogens with two attached hydrogens (primary N) is 1. The summed E-state index contributed by atoms with van der Waals surface area (Å²) in [7, 11) is 1.60. The maximum atomic E-state index is 12.7. The van der Waals surface area contributed by atoms with Crippen LogP contribution in [-0.2, 0) is 10.9 Å². The lowest BCUT2D eigenvalue weighted by Crippen LogP contribution is -2.40. The minimum absolute atomic E-state index is 0. The lowest BCUT2D eigenvalue weighted by molar-refractivity contribution is -0.137. The molecular weight excluding hydrogens is 434 g/mol. The third-order valence-corrected chi connectivity index (χ3v) is 3.44. The van der Waals surface area contributed by atoms with Crippen LogP contribution in [0.3, 0.4) is 0 Å². The van der Waals surface area contributed by atoms with E-state index in [0.29, 0.717) is 31.1 Å². The van der Waals surface area contributed by atoms with E-state index in [-0.39, 0.29) is 35.9 Å². The van der Waals surface area contributed by atoms with Crippen molar-refractivity contribution in [3.05, 3.63) is 35.4 Å². The Balaban J connectivity index is 0.00000529. The Labute approximate surface area is 158 Å². The molecule has 0 aliphatic heterocycles. The first-order valence-corrected chi connectivity index (χ1v) is 7.46. The fourth-order valence-electron chi connectivity index (χ4n) is 2.16. The number of hydrogen-bond donors (Lipinski definition) is 2. The summed E-state index contributed by atoms with van der Waals surface area (Å²) >= 11 is 0. The number of halogens is 4. The van der Waals surface area contributed by atoms with Crippen molar-refractivity contribution in [1.82, 2.24) is 5.32 Å². The molecule has 2 unspecified atom stereocenters. The number of ether oxygens (including phenoxy) is 1. The van der Waals surface area contributed by atoms with Crippen molar-refractivity contribution < 1.29 is 17.9 Å². The lowest BCUT2D eigenvalue weighted by Gasteiger charge is -2.15. The molecule has 0 bridgehead atoms. The van der Waals surface area contributed by atoms with Gasteiger partial charge < -0.3 is 15.8 Å². The molecule has 138 valence electrons. The van der Waals surface area contributed by atoms with Gasteiger partial charge in [-0.15, -0.1) is 24.0 Å². The highest BCUT2D eigenvalue weighted by atomic mass is 127. The Morgan fingerprint density at radius 1 is 1.33 bits per heavy atom. The van der Waals surface area contributed by atoms with Crippen LogP contribution in [0.5, 0.6) is 0 Å². The quantitative estimate of drug-likeness (QED) is 0.371. The number of guanidine groups is 1. The van der Waals surface area contributed by atoms with Crippen molar-refractivity contribution >= 4 is 29.9 Å². The van der Waals surface area contributed by atoms with Crippen molar-refractivity contribution in [1.29, 1.82) is 0 Å². The summed E-state index contributed by atoms with van der Waals surface area (Å²) in [6.45, 7) is 4.74. The highest BCUT2D eigenvalue weighted by Crippen LogP contribution is 2.31. The molecule has 1 aromatic carbocycles. The number of methoxy groups -OCH3 is 1. The van der Waals surface area contributed by atoms with Crippen molar-refractivity contribution in [2.75, 3.05) is 20.3 Å². The molecule has 1 rings (SSSR count). The SMILES string of the molecule is COCC(C)NC(N)=NCCC(C)c1cccc(C(F)(F)F)c1.I. The zero-order valence-corrected chi connectivity index (χ0v) is 16.4. The van der Waals surface area contributed by atoms with E-state index in [0.717, 1.165) is 6.07 Å². The summed E-state index contributed by atoms with van der Waals surface area (Å²) in [4.78, 5) is 4.19. The molecular formula is C16H25F3IN3O. The average Bonchev–Trinajstić information content (AvgIpc) is 2.46. The van der Waals surface area contributed by atoms with Gasteiger partial charge in [0.1, 0.15) is 0 Å². The van der Waals surface area contributed by atoms with Crippen molar-refractivity contribution in [2.45, 2.75) is 38.4 Å². The first kappa shape index (κ1) is 23.0. The van der Waals surface area contributed by atoms with E-state index in [1.54, 1.807) is 13.2 Å². The third-order valence-electron chi connectivity index (χ3n) is 3.44. The van der Waals surface area contributed by atoms with E-state index < -0.39 is 11.7 Å². The number of alkyl halides is 3. The summed E-state index contributed by atoms with van der Waals surface area (Å²) in [6.07, 6.45) is -3.71. The van der Waals surface area contributed by atoms with E-state index in [1.165, 1.54) is 12.1 Å². The molecule has 0 fully saturated rings. The maximum absolute atomic E-state index is 12.7. The van der Waals surface area contributed by atoms with Crippen molar-refractivity contribution in [2.24, 2.45) is 10.7 Å². The Kier molecular flexibility index (Phi) is 10.3. The molecule has 0 spiro atoms. The fourth-order valence-corrected chi connectivity index (χ4v) is 2.16. The van der Waals surface area contributed by atoms with Gasteiger partial charge in [-0.3, -0.25) is 4.99 Å². The van der Waals surface area contributed by atoms with Gasteiger partial charge in [0.05, 0.1) is 12.2 Å². The molecule has 0 aliphatic carbocycles. The number of nitrogens with zero attached hydrogens (tertiary/aromatic N) is 1. The van der Waals surface area contributed by atoms with E-state index in [1.807, 2.05) is 13.8 Å². The summed E-state index contributed by atoms with van der Waals surface area (Å²) in [6, 6.07) is 5.45. The van der Waals surface area contributed by atoms with Gasteiger partial charge in [-0.25, -0.2) is 0 Å². The van der Waals surface area contributed by atoms with Crippen LogP contribution < -0.4 is 11.1 Å². The van der Waals surface area contributed by atoms with Crippen LogP contribution in [0.15, 0.2) is 29.3 Å². The van der Waals surface area contributed by atoms with Gasteiger partial charge in [0, 0.05) is 19.7 Å². The Morgan fingerprint density at radius 2 is 2.00 bits per heavy atom. The minimum atomic E-state index is -4.32. The van der Waals surface area contributed by atoms with Gasteiger partial charge in [0.15, 0.2) is 5.96 Å². The largest absolute Gasteiger partial charge is 0.416 e. The first-order valence-electron chi connectivity index (χ1n) is 7.46. The summed E-state index contributed by atoms with van der Waals surface area (Å²) in [5, 5.41) is 2.98. The lowest BCUT2D eigenvalue weighted by atomic mass is 9.96. The molecule has 1 aromatic rings. The second-order valence-electron chi connectivity index (χ2n) is 5.58. The number of hydrogen-bond acceptors (Lipinski definition) is 2. The normalized spacial score (nSPS) is 14.7. The van der Waals surface area contributed by atoms with Crippen LogP contribution in [0.1, 0.15) is 37.3 Å². The van der Waals surface area contributed by atoms with Gasteiger partial charge in [0.25, 0.3) is 0 Å². The number of nitrogens with one attached hydrogen (secondary N) is 1. The number of benzene rings is 1. The van der Waals surface area contributed by atoms with Crippen LogP contribution in [0, 0.1) is 0 Å². The van der Waals surface area contributed by atoms with E-state index in [2.05, 4.69) is 10.3 Å². The van der Waals surface area contributed by atoms with Gasteiger partial charge in [-0.1, -0.05) is 25.1 Å². The van der Waals surface area contributed by atoms with Crippen molar-refractivity contribution in [3.63, 3.8) is 0 Å². The topological polar surface area (TPSA) is 59.6 Å². The Bertz CT molecular complexity index is 524. The third kappa shape index (κ3) is 8.18. The maximum Gasteiger partial charge on any atom is 0.416 e. The molecule has 2 atom stereocenters. The summed E-state index contributed by atoms with van der Waals surface area (Å²) in [5.74, 6) is 0.274. The number of aliphatic imine (C=N–C) groups is 1. The van der Waals surface area contributed by atoms with Crippen LogP contribution in [0.4, 0.5) is 13.2 Å². The van der Waals surface area contributed by atoms with Gasteiger partial charge in [-0.05, 0) is 30.9 Å². The molecule has 0 saturated heterocycles. The van der Waals surface area contributed by atoms with Gasteiger partial charge in [0.2, 0.25) is 0 Å². The summed E-state index contributed by atoms with van der Waals surface area (Å²) < 4.78 is 43.1. The predicted octanol–water partition coefficient (Wildman–Crippen LogP) is 3.76. The molecule has 3 N–H and O–H groups in total. The zero-order valence-electron chi connectivity index (χ0n) is 14.1. The van der Waals surface area contributed by atoms with Gasteiger partial charge >= 0.3 is 6.18 Å². The van der Waals surface area contributed by atoms with E-state index >= 15 is 0 Å². The van der Waals surface area contributed by atoms with Crippen LogP contribution in [0.2, 0.25) is 0 Å². The molecule has 4 nitrogen and oxygen atoms in total. The van der Waals surface area contributed by atoms with E-state index in [9.17, 15) is 13.2 Å². The first-order chi connectivity index (χ1) is 10.7. The monoisotopic (exact) mass is 459 g/mol. The Morgan fingerprint density at radius 3 is 2.58 bits per heavy atom. The fraction of sp³-hybridized carbons (Fsp3) is 0.562. The zero-order chi connectivity index (χ0) is 17.5. The summed E-state index contributed by atoms with van der Waals surface area (Å²) in [5.41, 5.74) is 5.77. The Hall–Kier alpha value is -1.03. The molecule has 0 aliphatic rings. The number of rotatable bonds is 7. The van der Waals surface area contributed by atoms with Crippen molar-refractivity contribution in [3.8, 4) is 0 Å². The van der Waals surface area contributed by atoms with Gasteiger partial charge in [-0.2, -0.15) is 13.2 Å². The second-order valence-corrected chi connectivity index (χ2v) is 5.58. The molecule has 0 radical (unpaired) electrons. The molecule has 8 heteroatoms. The molecule has 24 heavy (non-hydrogen) atoms. The second kappa shape index (κ2) is 10.8. The highest BCUT2D eigenvalue weighted by molar-refractivity contribution is 14.0. The van der Waals surface area contributed by atoms with E-state index in [4.69, 9.17) is 10.5 Å². The average molecular weight is 459 g/mol. The smallest absolute Gasteiger partial charge is 0.383 e. The van der Waals surface area contributed by atoms with Crippen LogP contribution >= 0.6 is 24.0 Å². The van der Waals surface area contributed by atoms with Crippen LogP contribution in [0.25, 0.3) is 0 Å². The minimum Gasteiger partial charge on any atom is -0.383 e. The highest BCUT2D eigenvalue weighted by Gasteiger charge is 2.30. The molecule has 0 aromatic heterocycles. The molecule has 0 heterocycles. The predicted molar refractivity (Wildman–Crippen MR) is 101 cm³/mol. The molecule has 0 saturated carbocycles. The standard InChI is InChI=1S/C16H24F3N3O.HI/c1-11(7-8-21-15(20)22-12(2)10-23-3)13-5-4-6-14(9-13)16(17,18)19;/h4-6,9,11-12H,7-8,10H2,1-3H3,(H3,20,21,22);1H. The van der Waals surface area contributed by atoms with Crippen LogP contribution in [-0.4, -0.2) is 32.3 Å². The molecule has 0 amide bonds.